The van der Waals surface area contributed by atoms with Crippen LogP contribution in [0.15, 0.2) is 117 Å². The van der Waals surface area contributed by atoms with Gasteiger partial charge in [-0.2, -0.15) is 0 Å². The third-order valence-corrected chi connectivity index (χ3v) is 8.79. The lowest BCUT2D eigenvalue weighted by Crippen LogP contribution is -2.38. The van der Waals surface area contributed by atoms with E-state index in [4.69, 9.17) is 0 Å². The number of rotatable bonds is 9. The molecule has 0 unspecified atom stereocenters. The molecule has 36 heavy (non-hydrogen) atoms. The van der Waals surface area contributed by atoms with Crippen LogP contribution in [0.25, 0.3) is 0 Å². The number of amides is 1. The van der Waals surface area contributed by atoms with E-state index < -0.39 is 15.9 Å². The maximum atomic E-state index is 13.5. The van der Waals surface area contributed by atoms with E-state index in [1.165, 1.54) is 17.0 Å². The molecule has 0 spiro atoms. The molecule has 8 heteroatoms. The molecule has 0 fully saturated rings. The maximum Gasteiger partial charge on any atom is 0.264 e. The van der Waals surface area contributed by atoms with Crippen LogP contribution in [0.1, 0.15) is 11.1 Å². The van der Waals surface area contributed by atoms with Crippen molar-refractivity contribution in [1.29, 1.82) is 0 Å². The lowest BCUT2D eigenvalue weighted by Gasteiger charge is -2.24. The Morgan fingerprint density at radius 1 is 0.889 bits per heavy atom. The second kappa shape index (κ2) is 11.8. The molecule has 4 rings (SSSR count). The third-order valence-electron chi connectivity index (χ3n) is 5.43. The molecular formula is C28H25BrN2O3S2. The second-order valence-corrected chi connectivity index (χ2v) is 11.9. The number of halogens is 1. The van der Waals surface area contributed by atoms with Crippen molar-refractivity contribution in [1.82, 2.24) is 0 Å². The number of nitrogens with one attached hydrogen (secondary N) is 1. The molecule has 0 atom stereocenters. The van der Waals surface area contributed by atoms with Gasteiger partial charge in [-0.1, -0.05) is 70.5 Å². The van der Waals surface area contributed by atoms with Crippen LogP contribution in [-0.4, -0.2) is 20.9 Å². The van der Waals surface area contributed by atoms with Gasteiger partial charge in [-0.15, -0.1) is 11.8 Å². The first-order chi connectivity index (χ1) is 17.3. The SMILES string of the molecule is Cc1cc(CSc2ccccc2)ccc1NC(=O)CN(c1cccc(Br)c1)S(=O)(=O)c1ccccc1. The molecule has 0 aliphatic heterocycles. The summed E-state index contributed by atoms with van der Waals surface area (Å²) in [5.74, 6) is 0.384. The summed E-state index contributed by atoms with van der Waals surface area (Å²) < 4.78 is 28.8. The molecule has 0 saturated carbocycles. The summed E-state index contributed by atoms with van der Waals surface area (Å²) in [4.78, 5) is 14.4. The Balaban J connectivity index is 1.51. The van der Waals surface area contributed by atoms with Crippen molar-refractivity contribution in [3.63, 3.8) is 0 Å². The highest BCUT2D eigenvalue weighted by Crippen LogP contribution is 2.27. The Morgan fingerprint density at radius 3 is 2.25 bits per heavy atom. The van der Waals surface area contributed by atoms with Crippen LogP contribution in [0.5, 0.6) is 0 Å². The van der Waals surface area contributed by atoms with Crippen molar-refractivity contribution in [2.24, 2.45) is 0 Å². The Bertz CT molecular complexity index is 1450. The van der Waals surface area contributed by atoms with Gasteiger partial charge in [-0.3, -0.25) is 9.10 Å². The van der Waals surface area contributed by atoms with Crippen LogP contribution in [0, 0.1) is 6.92 Å². The van der Waals surface area contributed by atoms with E-state index in [0.29, 0.717) is 15.8 Å². The summed E-state index contributed by atoms with van der Waals surface area (Å²) in [7, 11) is -3.96. The van der Waals surface area contributed by atoms with Gasteiger partial charge in [-0.25, -0.2) is 8.42 Å². The number of hydrogen-bond acceptors (Lipinski definition) is 4. The zero-order chi connectivity index (χ0) is 25.5. The number of sulfonamides is 1. The number of hydrogen-bond donors (Lipinski definition) is 1. The molecule has 0 heterocycles. The van der Waals surface area contributed by atoms with Gasteiger partial charge in [0.05, 0.1) is 10.6 Å². The molecule has 0 aromatic heterocycles. The minimum absolute atomic E-state index is 0.120. The summed E-state index contributed by atoms with van der Waals surface area (Å²) in [5.41, 5.74) is 3.10. The highest BCUT2D eigenvalue weighted by atomic mass is 79.9. The summed E-state index contributed by atoms with van der Waals surface area (Å²) in [5, 5.41) is 2.89. The summed E-state index contributed by atoms with van der Waals surface area (Å²) in [6, 6.07) is 31.1. The number of benzene rings is 4. The first kappa shape index (κ1) is 26.0. The van der Waals surface area contributed by atoms with Crippen LogP contribution in [0.4, 0.5) is 11.4 Å². The normalized spacial score (nSPS) is 11.2. The molecule has 1 N–H and O–H groups in total. The Kier molecular flexibility index (Phi) is 8.51. The molecule has 0 saturated heterocycles. The summed E-state index contributed by atoms with van der Waals surface area (Å²) in [6.45, 7) is 1.57. The fourth-order valence-corrected chi connectivity index (χ4v) is 6.31. The van der Waals surface area contributed by atoms with Gasteiger partial charge < -0.3 is 5.32 Å². The lowest BCUT2D eigenvalue weighted by molar-refractivity contribution is -0.114. The Labute approximate surface area is 224 Å². The molecule has 184 valence electrons. The van der Waals surface area contributed by atoms with Crippen molar-refractivity contribution < 1.29 is 13.2 Å². The van der Waals surface area contributed by atoms with E-state index >= 15 is 0 Å². The standard InChI is InChI=1S/C28H25BrN2O3S2/c1-21-17-22(20-35-25-11-4-2-5-12-25)15-16-27(21)30-28(32)19-31(24-10-8-9-23(29)18-24)36(33,34)26-13-6-3-7-14-26/h2-18H,19-20H2,1H3,(H,30,32). The van der Waals surface area contributed by atoms with Crippen molar-refractivity contribution in [3.05, 3.63) is 119 Å². The predicted molar refractivity (Wildman–Crippen MR) is 151 cm³/mol. The Morgan fingerprint density at radius 2 is 1.58 bits per heavy atom. The number of nitrogens with zero attached hydrogens (tertiary/aromatic N) is 1. The van der Waals surface area contributed by atoms with Crippen LogP contribution >= 0.6 is 27.7 Å². The van der Waals surface area contributed by atoms with Gasteiger partial charge in [0.1, 0.15) is 6.54 Å². The zero-order valence-corrected chi connectivity index (χ0v) is 22.8. The molecular weight excluding hydrogens is 556 g/mol. The maximum absolute atomic E-state index is 13.5. The van der Waals surface area contributed by atoms with Crippen molar-refractivity contribution in [2.75, 3.05) is 16.2 Å². The average molecular weight is 582 g/mol. The fraction of sp³-hybridized carbons (Fsp3) is 0.107. The Hall–Kier alpha value is -3.07. The average Bonchev–Trinajstić information content (AvgIpc) is 2.88. The van der Waals surface area contributed by atoms with Crippen LogP contribution < -0.4 is 9.62 Å². The zero-order valence-electron chi connectivity index (χ0n) is 19.6. The third kappa shape index (κ3) is 6.57. The quantitative estimate of drug-likeness (QED) is 0.219. The van der Waals surface area contributed by atoms with Crippen molar-refractivity contribution in [2.45, 2.75) is 22.5 Å². The first-order valence-electron chi connectivity index (χ1n) is 11.2. The van der Waals surface area contributed by atoms with E-state index in [1.807, 2.05) is 43.3 Å². The summed E-state index contributed by atoms with van der Waals surface area (Å²) in [6.07, 6.45) is 0. The van der Waals surface area contributed by atoms with Crippen molar-refractivity contribution >= 4 is 55.0 Å². The molecule has 0 aliphatic rings. The largest absolute Gasteiger partial charge is 0.324 e. The van der Waals surface area contributed by atoms with Gasteiger partial charge in [0.25, 0.3) is 10.0 Å². The number of anilines is 2. The number of thioether (sulfide) groups is 1. The molecule has 0 bridgehead atoms. The highest BCUT2D eigenvalue weighted by molar-refractivity contribution is 9.10. The number of carbonyl (C=O) groups is 1. The van der Waals surface area contributed by atoms with Crippen LogP contribution in [0.3, 0.4) is 0 Å². The van der Waals surface area contributed by atoms with Gasteiger partial charge in [-0.05, 0) is 66.6 Å². The van der Waals surface area contributed by atoms with E-state index in [1.54, 1.807) is 54.2 Å². The monoisotopic (exact) mass is 580 g/mol. The fourth-order valence-electron chi connectivity index (χ4n) is 3.63. The molecule has 0 radical (unpaired) electrons. The van der Waals surface area contributed by atoms with E-state index in [-0.39, 0.29) is 11.4 Å². The molecule has 4 aromatic carbocycles. The number of carbonyl (C=O) groups excluding carboxylic acids is 1. The topological polar surface area (TPSA) is 66.5 Å². The molecule has 0 aliphatic carbocycles. The van der Waals surface area contributed by atoms with Crippen molar-refractivity contribution in [3.8, 4) is 0 Å². The van der Waals surface area contributed by atoms with E-state index in [2.05, 4.69) is 33.4 Å². The second-order valence-electron chi connectivity index (χ2n) is 8.10. The predicted octanol–water partition coefficient (Wildman–Crippen LogP) is 6.88. The highest BCUT2D eigenvalue weighted by Gasteiger charge is 2.27. The van der Waals surface area contributed by atoms with Crippen LogP contribution in [0.2, 0.25) is 0 Å². The molecule has 1 amide bonds. The minimum atomic E-state index is -3.96. The van der Waals surface area contributed by atoms with E-state index in [9.17, 15) is 13.2 Å². The first-order valence-corrected chi connectivity index (χ1v) is 14.5. The smallest absolute Gasteiger partial charge is 0.264 e. The minimum Gasteiger partial charge on any atom is -0.324 e. The molecule has 5 nitrogen and oxygen atoms in total. The number of aryl methyl sites for hydroxylation is 1. The van der Waals surface area contributed by atoms with Gasteiger partial charge in [0, 0.05) is 20.8 Å². The van der Waals surface area contributed by atoms with Gasteiger partial charge in [0.2, 0.25) is 5.91 Å². The van der Waals surface area contributed by atoms with Gasteiger partial charge in [0.15, 0.2) is 0 Å². The lowest BCUT2D eigenvalue weighted by atomic mass is 10.1. The van der Waals surface area contributed by atoms with Crippen LogP contribution in [-0.2, 0) is 20.6 Å². The van der Waals surface area contributed by atoms with Gasteiger partial charge >= 0.3 is 0 Å². The van der Waals surface area contributed by atoms with E-state index in [0.717, 1.165) is 21.2 Å². The summed E-state index contributed by atoms with van der Waals surface area (Å²) >= 11 is 5.14. The molecule has 4 aromatic rings.